The number of anilines is 1. The highest BCUT2D eigenvalue weighted by Gasteiger charge is 2.10. The van der Waals surface area contributed by atoms with Gasteiger partial charge >= 0.3 is 6.01 Å². The summed E-state index contributed by atoms with van der Waals surface area (Å²) >= 11 is 7.30. The largest absolute Gasteiger partial charge is 0.467 e. The second kappa shape index (κ2) is 6.84. The topological polar surface area (TPSA) is 100.0 Å². The molecule has 0 amide bonds. The van der Waals surface area contributed by atoms with Crippen molar-refractivity contribution in [2.24, 2.45) is 0 Å². The van der Waals surface area contributed by atoms with Crippen LogP contribution >= 0.6 is 23.4 Å². The van der Waals surface area contributed by atoms with Gasteiger partial charge in [0, 0.05) is 10.6 Å². The van der Waals surface area contributed by atoms with E-state index in [0.29, 0.717) is 27.6 Å². The number of nitrogens with zero attached hydrogens (tertiary/aromatic N) is 4. The number of thioether (sulfide) groups is 1. The van der Waals surface area contributed by atoms with Crippen molar-refractivity contribution in [3.8, 4) is 17.3 Å². The van der Waals surface area contributed by atoms with Crippen LogP contribution in [0.5, 0.6) is 6.01 Å². The highest BCUT2D eigenvalue weighted by molar-refractivity contribution is 7.98. The van der Waals surface area contributed by atoms with E-state index in [1.807, 2.05) is 18.2 Å². The number of hydrogen-bond donors (Lipinski definition) is 1. The molecule has 0 saturated heterocycles. The molecule has 0 aliphatic carbocycles. The molecule has 0 bridgehead atoms. The molecule has 2 aromatic heterocycles. The summed E-state index contributed by atoms with van der Waals surface area (Å²) in [5.41, 5.74) is 6.46. The van der Waals surface area contributed by atoms with Gasteiger partial charge < -0.3 is 14.9 Å². The number of nitrogens with two attached hydrogens (primary N) is 1. The number of hydrogen-bond acceptors (Lipinski definition) is 8. The van der Waals surface area contributed by atoms with E-state index in [4.69, 9.17) is 26.5 Å². The van der Waals surface area contributed by atoms with E-state index in [0.717, 1.165) is 5.56 Å². The number of aromatic nitrogens is 4. The van der Waals surface area contributed by atoms with Crippen LogP contribution in [0.3, 0.4) is 0 Å². The minimum atomic E-state index is 0.103. The highest BCUT2D eigenvalue weighted by Crippen LogP contribution is 2.26. The van der Waals surface area contributed by atoms with Gasteiger partial charge in [0.05, 0.1) is 19.1 Å². The lowest BCUT2D eigenvalue weighted by atomic mass is 10.2. The first-order valence-corrected chi connectivity index (χ1v) is 7.89. The fourth-order valence-corrected chi connectivity index (χ4v) is 2.66. The number of oxazole rings is 1. The lowest BCUT2D eigenvalue weighted by Crippen LogP contribution is -2.02. The van der Waals surface area contributed by atoms with E-state index >= 15 is 0 Å². The summed E-state index contributed by atoms with van der Waals surface area (Å²) < 4.78 is 10.7. The number of ether oxygens (including phenoxy) is 1. The van der Waals surface area contributed by atoms with E-state index in [-0.39, 0.29) is 12.0 Å². The van der Waals surface area contributed by atoms with Crippen LogP contribution in [0, 0.1) is 0 Å². The molecule has 1 aromatic carbocycles. The van der Waals surface area contributed by atoms with Gasteiger partial charge in [-0.25, -0.2) is 4.98 Å². The predicted molar refractivity (Wildman–Crippen MR) is 87.3 cm³/mol. The Morgan fingerprint density at radius 1 is 1.30 bits per heavy atom. The molecule has 0 aliphatic rings. The molecular formula is C14H12ClN5O2S. The first-order chi connectivity index (χ1) is 11.1. The summed E-state index contributed by atoms with van der Waals surface area (Å²) in [6.45, 7) is 0. The van der Waals surface area contributed by atoms with Crippen molar-refractivity contribution in [1.29, 1.82) is 0 Å². The first-order valence-electron chi connectivity index (χ1n) is 6.53. The lowest BCUT2D eigenvalue weighted by molar-refractivity contribution is 0.374. The van der Waals surface area contributed by atoms with E-state index in [2.05, 4.69) is 19.9 Å². The van der Waals surface area contributed by atoms with E-state index in [9.17, 15) is 0 Å². The summed E-state index contributed by atoms with van der Waals surface area (Å²) in [6.07, 6.45) is 1.66. The fourth-order valence-electron chi connectivity index (χ4n) is 1.79. The Labute approximate surface area is 141 Å². The zero-order valence-electron chi connectivity index (χ0n) is 12.1. The van der Waals surface area contributed by atoms with Gasteiger partial charge in [0.2, 0.25) is 11.8 Å². The Kier molecular flexibility index (Phi) is 4.63. The van der Waals surface area contributed by atoms with Crippen molar-refractivity contribution in [2.45, 2.75) is 10.9 Å². The Bertz CT molecular complexity index is 826. The molecule has 0 atom stereocenters. The fraction of sp³-hybridized carbons (Fsp3) is 0.143. The maximum Gasteiger partial charge on any atom is 0.321 e. The van der Waals surface area contributed by atoms with Gasteiger partial charge in [-0.3, -0.25) is 0 Å². The van der Waals surface area contributed by atoms with Crippen LogP contribution in [0.2, 0.25) is 5.02 Å². The molecule has 9 heteroatoms. The van der Waals surface area contributed by atoms with Crippen LogP contribution in [0.4, 0.5) is 5.95 Å². The van der Waals surface area contributed by atoms with Crippen molar-refractivity contribution >= 4 is 29.3 Å². The third-order valence-corrected chi connectivity index (χ3v) is 3.85. The standard InChI is InChI=1S/C14H12ClN5O2S/c1-21-13-18-12(16)19-14(20-13)23-7-11-17-6-10(22-11)8-3-2-4-9(15)5-8/h2-6H,7H2,1H3,(H2,16,18,19,20). The van der Waals surface area contributed by atoms with Crippen LogP contribution in [0.1, 0.15) is 5.89 Å². The SMILES string of the molecule is COc1nc(N)nc(SCc2ncc(-c3cccc(Cl)c3)o2)n1. The van der Waals surface area contributed by atoms with Crippen molar-refractivity contribution in [2.75, 3.05) is 12.8 Å². The normalized spacial score (nSPS) is 10.7. The van der Waals surface area contributed by atoms with Crippen molar-refractivity contribution in [3.63, 3.8) is 0 Å². The predicted octanol–water partition coefficient (Wildman–Crippen LogP) is 3.06. The quantitative estimate of drug-likeness (QED) is 0.701. The number of rotatable bonds is 5. The summed E-state index contributed by atoms with van der Waals surface area (Å²) in [5.74, 6) is 1.75. The van der Waals surface area contributed by atoms with Crippen molar-refractivity contribution in [3.05, 3.63) is 41.4 Å². The van der Waals surface area contributed by atoms with E-state index in [1.165, 1.54) is 18.9 Å². The van der Waals surface area contributed by atoms with Crippen LogP contribution < -0.4 is 10.5 Å². The smallest absolute Gasteiger partial charge is 0.321 e. The molecule has 0 radical (unpaired) electrons. The molecule has 0 saturated carbocycles. The summed E-state index contributed by atoms with van der Waals surface area (Å²) in [6, 6.07) is 7.55. The first kappa shape index (κ1) is 15.6. The molecule has 0 spiro atoms. The number of benzene rings is 1. The second-order valence-electron chi connectivity index (χ2n) is 4.38. The third-order valence-electron chi connectivity index (χ3n) is 2.78. The van der Waals surface area contributed by atoms with Crippen molar-refractivity contribution < 1.29 is 9.15 Å². The lowest BCUT2D eigenvalue weighted by Gasteiger charge is -2.01. The molecule has 23 heavy (non-hydrogen) atoms. The molecular weight excluding hydrogens is 338 g/mol. The van der Waals surface area contributed by atoms with Crippen LogP contribution in [0.15, 0.2) is 40.0 Å². The molecule has 0 aliphatic heterocycles. The third kappa shape index (κ3) is 3.91. The van der Waals surface area contributed by atoms with Gasteiger partial charge in [-0.05, 0) is 12.1 Å². The van der Waals surface area contributed by atoms with Crippen LogP contribution in [-0.4, -0.2) is 27.0 Å². The van der Waals surface area contributed by atoms with Crippen molar-refractivity contribution in [1.82, 2.24) is 19.9 Å². The maximum atomic E-state index is 5.97. The minimum Gasteiger partial charge on any atom is -0.467 e. The Morgan fingerprint density at radius 3 is 2.96 bits per heavy atom. The van der Waals surface area contributed by atoms with Gasteiger partial charge in [0.1, 0.15) is 0 Å². The highest BCUT2D eigenvalue weighted by atomic mass is 35.5. The molecule has 2 heterocycles. The molecule has 3 rings (SSSR count). The van der Waals surface area contributed by atoms with Gasteiger partial charge in [-0.1, -0.05) is 35.5 Å². The monoisotopic (exact) mass is 349 g/mol. The Hall–Kier alpha value is -2.32. The maximum absolute atomic E-state index is 5.97. The molecule has 0 fully saturated rings. The average molecular weight is 350 g/mol. The van der Waals surface area contributed by atoms with Gasteiger partial charge in [0.15, 0.2) is 10.9 Å². The summed E-state index contributed by atoms with van der Waals surface area (Å²) in [7, 11) is 1.47. The average Bonchev–Trinajstić information content (AvgIpc) is 3.01. The van der Waals surface area contributed by atoms with Gasteiger partial charge in [-0.2, -0.15) is 15.0 Å². The Morgan fingerprint density at radius 2 is 2.17 bits per heavy atom. The zero-order chi connectivity index (χ0) is 16.2. The summed E-state index contributed by atoms with van der Waals surface area (Å²) in [4.78, 5) is 16.2. The Balaban J connectivity index is 1.71. The molecule has 118 valence electrons. The van der Waals surface area contributed by atoms with E-state index < -0.39 is 0 Å². The number of nitrogen functional groups attached to an aromatic ring is 1. The minimum absolute atomic E-state index is 0.103. The van der Waals surface area contributed by atoms with Gasteiger partial charge in [-0.15, -0.1) is 0 Å². The summed E-state index contributed by atoms with van der Waals surface area (Å²) in [5, 5.41) is 1.08. The zero-order valence-corrected chi connectivity index (χ0v) is 13.6. The second-order valence-corrected chi connectivity index (χ2v) is 5.76. The van der Waals surface area contributed by atoms with Gasteiger partial charge in [0.25, 0.3) is 0 Å². The molecule has 2 N–H and O–H groups in total. The molecule has 7 nitrogen and oxygen atoms in total. The van der Waals surface area contributed by atoms with Crippen LogP contribution in [0.25, 0.3) is 11.3 Å². The molecule has 0 unspecified atom stereocenters. The van der Waals surface area contributed by atoms with E-state index in [1.54, 1.807) is 12.3 Å². The number of methoxy groups -OCH3 is 1. The molecule has 3 aromatic rings. The van der Waals surface area contributed by atoms with Crippen LogP contribution in [-0.2, 0) is 5.75 Å². The number of halogens is 1.